The average Bonchev–Trinajstić information content (AvgIpc) is 2.72. The molecule has 6 heteroatoms. The standard InChI is InChI=1S/C11H13NO4S/c13-8-9-6-7-11(14)12(9)17(15,16)10-4-2-1-3-5-10/h1-5,9,13H,6-8H2. The van der Waals surface area contributed by atoms with Crippen LogP contribution in [0.1, 0.15) is 12.8 Å². The lowest BCUT2D eigenvalue weighted by atomic mass is 10.2. The Bertz CT molecular complexity index is 512. The highest BCUT2D eigenvalue weighted by atomic mass is 32.2. The van der Waals surface area contributed by atoms with E-state index in [1.807, 2.05) is 0 Å². The molecule has 2 rings (SSSR count). The van der Waals surface area contributed by atoms with Crippen LogP contribution >= 0.6 is 0 Å². The van der Waals surface area contributed by atoms with Gasteiger partial charge in [0.25, 0.3) is 10.0 Å². The third-order valence-corrected chi connectivity index (χ3v) is 4.67. The summed E-state index contributed by atoms with van der Waals surface area (Å²) in [6.45, 7) is -0.336. The van der Waals surface area contributed by atoms with Crippen molar-refractivity contribution in [2.75, 3.05) is 6.61 Å². The van der Waals surface area contributed by atoms with Gasteiger partial charge in [-0.1, -0.05) is 18.2 Å². The second kappa shape index (κ2) is 4.46. The molecule has 92 valence electrons. The van der Waals surface area contributed by atoms with E-state index in [0.717, 1.165) is 4.31 Å². The number of benzene rings is 1. The Balaban J connectivity index is 2.42. The van der Waals surface area contributed by atoms with Crippen LogP contribution in [0.15, 0.2) is 35.2 Å². The average molecular weight is 255 g/mol. The van der Waals surface area contributed by atoms with E-state index < -0.39 is 22.0 Å². The first-order valence-corrected chi connectivity index (χ1v) is 6.74. The fraction of sp³-hybridized carbons (Fsp3) is 0.364. The van der Waals surface area contributed by atoms with Gasteiger partial charge in [0.2, 0.25) is 5.91 Å². The maximum Gasteiger partial charge on any atom is 0.266 e. The molecule has 0 radical (unpaired) electrons. The monoisotopic (exact) mass is 255 g/mol. The van der Waals surface area contributed by atoms with Crippen LogP contribution in [0, 0.1) is 0 Å². The molecule has 0 bridgehead atoms. The number of hydrogen-bond acceptors (Lipinski definition) is 4. The van der Waals surface area contributed by atoms with Crippen LogP contribution in [-0.4, -0.2) is 36.4 Å². The summed E-state index contributed by atoms with van der Waals surface area (Å²) in [4.78, 5) is 11.7. The van der Waals surface area contributed by atoms with Gasteiger partial charge in [0, 0.05) is 6.42 Å². The van der Waals surface area contributed by atoms with Gasteiger partial charge in [-0.25, -0.2) is 12.7 Å². The number of carbonyl (C=O) groups is 1. The van der Waals surface area contributed by atoms with Gasteiger partial charge in [-0.15, -0.1) is 0 Å². The van der Waals surface area contributed by atoms with E-state index in [9.17, 15) is 13.2 Å². The summed E-state index contributed by atoms with van der Waals surface area (Å²) in [5.74, 6) is -0.451. The minimum absolute atomic E-state index is 0.0775. The molecule has 0 aliphatic carbocycles. The highest BCUT2D eigenvalue weighted by molar-refractivity contribution is 7.89. The smallest absolute Gasteiger partial charge is 0.266 e. The molecule has 0 saturated carbocycles. The normalized spacial score (nSPS) is 20.9. The molecule has 1 amide bonds. The molecule has 1 fully saturated rings. The molecular formula is C11H13NO4S. The Morgan fingerprint density at radius 2 is 1.94 bits per heavy atom. The largest absolute Gasteiger partial charge is 0.394 e. The predicted molar refractivity (Wildman–Crippen MR) is 60.6 cm³/mol. The van der Waals surface area contributed by atoms with Gasteiger partial charge in [-0.2, -0.15) is 0 Å². The first-order valence-electron chi connectivity index (χ1n) is 5.30. The summed E-state index contributed by atoms with van der Waals surface area (Å²) >= 11 is 0. The van der Waals surface area contributed by atoms with E-state index in [-0.39, 0.29) is 17.9 Å². The van der Waals surface area contributed by atoms with Crippen molar-refractivity contribution in [1.29, 1.82) is 0 Å². The van der Waals surface area contributed by atoms with E-state index >= 15 is 0 Å². The first-order chi connectivity index (χ1) is 8.07. The quantitative estimate of drug-likeness (QED) is 0.846. The molecule has 1 aromatic rings. The van der Waals surface area contributed by atoms with E-state index in [1.54, 1.807) is 18.2 Å². The van der Waals surface area contributed by atoms with Crippen LogP contribution in [0.5, 0.6) is 0 Å². The van der Waals surface area contributed by atoms with Crippen molar-refractivity contribution in [3.05, 3.63) is 30.3 Å². The van der Waals surface area contributed by atoms with E-state index in [2.05, 4.69) is 0 Å². The lowest BCUT2D eigenvalue weighted by Crippen LogP contribution is -2.40. The SMILES string of the molecule is O=C1CCC(CO)N1S(=O)(=O)c1ccccc1. The van der Waals surface area contributed by atoms with Crippen LogP contribution in [0.3, 0.4) is 0 Å². The lowest BCUT2D eigenvalue weighted by molar-refractivity contribution is -0.124. The van der Waals surface area contributed by atoms with Crippen molar-refractivity contribution in [3.8, 4) is 0 Å². The molecule has 1 unspecified atom stereocenters. The van der Waals surface area contributed by atoms with Crippen LogP contribution < -0.4 is 0 Å². The Morgan fingerprint density at radius 1 is 1.29 bits per heavy atom. The van der Waals surface area contributed by atoms with Crippen molar-refractivity contribution >= 4 is 15.9 Å². The maximum atomic E-state index is 12.2. The number of amides is 1. The summed E-state index contributed by atoms with van der Waals surface area (Å²) in [7, 11) is -3.83. The van der Waals surface area contributed by atoms with Gasteiger partial charge in [0.05, 0.1) is 17.5 Å². The zero-order valence-electron chi connectivity index (χ0n) is 9.11. The Kier molecular flexibility index (Phi) is 3.17. The van der Waals surface area contributed by atoms with Gasteiger partial charge in [-0.05, 0) is 18.6 Å². The summed E-state index contributed by atoms with van der Waals surface area (Å²) in [6.07, 6.45) is 0.540. The molecule has 17 heavy (non-hydrogen) atoms. The summed E-state index contributed by atoms with van der Waals surface area (Å²) < 4.78 is 25.2. The van der Waals surface area contributed by atoms with Crippen molar-refractivity contribution in [1.82, 2.24) is 4.31 Å². The summed E-state index contributed by atoms with van der Waals surface area (Å²) in [6, 6.07) is 7.15. The molecule has 1 heterocycles. The second-order valence-electron chi connectivity index (χ2n) is 3.88. The Morgan fingerprint density at radius 3 is 2.53 bits per heavy atom. The minimum atomic E-state index is -3.83. The Hall–Kier alpha value is -1.40. The van der Waals surface area contributed by atoms with Crippen molar-refractivity contribution in [3.63, 3.8) is 0 Å². The fourth-order valence-corrected chi connectivity index (χ4v) is 3.58. The van der Waals surface area contributed by atoms with Gasteiger partial charge in [-0.3, -0.25) is 4.79 Å². The first kappa shape index (κ1) is 12.1. The number of aliphatic hydroxyl groups is 1. The molecule has 0 spiro atoms. The second-order valence-corrected chi connectivity index (χ2v) is 5.70. The summed E-state index contributed by atoms with van der Waals surface area (Å²) in [5, 5.41) is 9.11. The van der Waals surface area contributed by atoms with Gasteiger partial charge in [0.1, 0.15) is 0 Å². The van der Waals surface area contributed by atoms with Gasteiger partial charge < -0.3 is 5.11 Å². The zero-order chi connectivity index (χ0) is 12.5. The third-order valence-electron chi connectivity index (χ3n) is 2.78. The molecule has 1 aliphatic rings. The molecule has 0 aromatic heterocycles. The molecule has 1 atom stereocenters. The molecule has 1 N–H and O–H groups in total. The highest BCUT2D eigenvalue weighted by Gasteiger charge is 2.39. The molecule has 1 aliphatic heterocycles. The van der Waals surface area contributed by atoms with Gasteiger partial charge >= 0.3 is 0 Å². The molecular weight excluding hydrogens is 242 g/mol. The zero-order valence-corrected chi connectivity index (χ0v) is 9.93. The van der Waals surface area contributed by atoms with Crippen LogP contribution in [0.2, 0.25) is 0 Å². The maximum absolute atomic E-state index is 12.2. The minimum Gasteiger partial charge on any atom is -0.394 e. The van der Waals surface area contributed by atoms with Crippen molar-refractivity contribution in [2.45, 2.75) is 23.8 Å². The van der Waals surface area contributed by atoms with E-state index in [1.165, 1.54) is 12.1 Å². The predicted octanol–water partition coefficient (Wildman–Crippen LogP) is 0.359. The van der Waals surface area contributed by atoms with Crippen molar-refractivity contribution < 1.29 is 18.3 Å². The lowest BCUT2D eigenvalue weighted by Gasteiger charge is -2.22. The van der Waals surface area contributed by atoms with E-state index in [4.69, 9.17) is 5.11 Å². The number of hydrogen-bond donors (Lipinski definition) is 1. The molecule has 5 nitrogen and oxygen atoms in total. The number of rotatable bonds is 3. The number of carbonyl (C=O) groups excluding carboxylic acids is 1. The van der Waals surface area contributed by atoms with Crippen LogP contribution in [0.25, 0.3) is 0 Å². The molecule has 1 saturated heterocycles. The van der Waals surface area contributed by atoms with Crippen LogP contribution in [0.4, 0.5) is 0 Å². The Labute approximate surface area is 99.7 Å². The topological polar surface area (TPSA) is 74.7 Å². The van der Waals surface area contributed by atoms with E-state index in [0.29, 0.717) is 6.42 Å². The third kappa shape index (κ3) is 2.05. The molecule has 1 aromatic carbocycles. The van der Waals surface area contributed by atoms with Gasteiger partial charge in [0.15, 0.2) is 0 Å². The highest BCUT2D eigenvalue weighted by Crippen LogP contribution is 2.26. The van der Waals surface area contributed by atoms with Crippen molar-refractivity contribution in [2.24, 2.45) is 0 Å². The van der Waals surface area contributed by atoms with Crippen LogP contribution in [-0.2, 0) is 14.8 Å². The number of sulfonamides is 1. The number of aliphatic hydroxyl groups excluding tert-OH is 1. The summed E-state index contributed by atoms with van der Waals surface area (Å²) in [5.41, 5.74) is 0. The number of nitrogens with zero attached hydrogens (tertiary/aromatic N) is 1. The fourth-order valence-electron chi connectivity index (χ4n) is 1.92.